The van der Waals surface area contributed by atoms with E-state index in [-0.39, 0.29) is 21.5 Å². The number of nitriles is 1. The van der Waals surface area contributed by atoms with E-state index in [0.29, 0.717) is 5.56 Å². The number of nitrogens with two attached hydrogens (primary N) is 1. The van der Waals surface area contributed by atoms with Crippen LogP contribution in [0.25, 0.3) is 0 Å². The van der Waals surface area contributed by atoms with Gasteiger partial charge in [-0.2, -0.15) is 5.26 Å². The van der Waals surface area contributed by atoms with Crippen LogP contribution in [0.5, 0.6) is 0 Å². The standard InChI is InChI=1S/C8H6BrClN2O2S/c9-8-6(4-12)1-5(3-11)2-7(8)15(10,13)14/h1-2H,3,11H2. The molecule has 15 heavy (non-hydrogen) atoms. The van der Waals surface area contributed by atoms with Crippen molar-refractivity contribution in [1.82, 2.24) is 0 Å². The van der Waals surface area contributed by atoms with Crippen LogP contribution in [0, 0.1) is 11.3 Å². The molecule has 0 aliphatic carbocycles. The van der Waals surface area contributed by atoms with Gasteiger partial charge in [-0.15, -0.1) is 0 Å². The molecule has 0 spiro atoms. The SMILES string of the molecule is N#Cc1cc(CN)cc(S(=O)(=O)Cl)c1Br. The summed E-state index contributed by atoms with van der Waals surface area (Å²) < 4.78 is 22.5. The van der Waals surface area contributed by atoms with E-state index in [1.54, 1.807) is 0 Å². The van der Waals surface area contributed by atoms with Gasteiger partial charge in [0.25, 0.3) is 9.05 Å². The maximum absolute atomic E-state index is 11.2. The number of hydrogen-bond donors (Lipinski definition) is 1. The number of hydrogen-bond acceptors (Lipinski definition) is 4. The molecule has 0 atom stereocenters. The normalized spacial score (nSPS) is 11.1. The van der Waals surface area contributed by atoms with Crippen LogP contribution in [-0.4, -0.2) is 8.42 Å². The molecule has 0 aliphatic rings. The Kier molecular flexibility index (Phi) is 3.73. The number of rotatable bonds is 2. The largest absolute Gasteiger partial charge is 0.326 e. The highest BCUT2D eigenvalue weighted by molar-refractivity contribution is 9.10. The quantitative estimate of drug-likeness (QED) is 0.843. The first-order valence-corrected chi connectivity index (χ1v) is 6.87. The third kappa shape index (κ3) is 2.69. The zero-order valence-corrected chi connectivity index (χ0v) is 10.5. The first-order chi connectivity index (χ1) is 6.90. The summed E-state index contributed by atoms with van der Waals surface area (Å²) in [6, 6.07) is 4.71. The Labute approximate surface area is 100 Å². The van der Waals surface area contributed by atoms with E-state index in [2.05, 4.69) is 15.9 Å². The van der Waals surface area contributed by atoms with E-state index in [0.717, 1.165) is 0 Å². The smallest absolute Gasteiger partial charge is 0.262 e. The highest BCUT2D eigenvalue weighted by atomic mass is 79.9. The van der Waals surface area contributed by atoms with Gasteiger partial charge in [0, 0.05) is 17.2 Å². The molecular formula is C8H6BrClN2O2S. The van der Waals surface area contributed by atoms with E-state index in [4.69, 9.17) is 21.7 Å². The number of halogens is 2. The second-order valence-electron chi connectivity index (χ2n) is 2.71. The van der Waals surface area contributed by atoms with Gasteiger partial charge in [0.1, 0.15) is 6.07 Å². The molecule has 0 aromatic heterocycles. The van der Waals surface area contributed by atoms with Crippen LogP contribution in [-0.2, 0) is 15.6 Å². The molecule has 0 saturated heterocycles. The van der Waals surface area contributed by atoms with Gasteiger partial charge in [0.05, 0.1) is 14.9 Å². The predicted octanol–water partition coefficient (Wildman–Crippen LogP) is 1.71. The molecule has 0 aliphatic heterocycles. The molecule has 4 nitrogen and oxygen atoms in total. The predicted molar refractivity (Wildman–Crippen MR) is 59.8 cm³/mol. The van der Waals surface area contributed by atoms with Crippen molar-refractivity contribution in [3.05, 3.63) is 27.7 Å². The average Bonchev–Trinajstić information content (AvgIpc) is 2.16. The lowest BCUT2D eigenvalue weighted by Crippen LogP contribution is -2.01. The lowest BCUT2D eigenvalue weighted by Gasteiger charge is -2.05. The minimum atomic E-state index is -3.88. The van der Waals surface area contributed by atoms with Crippen molar-refractivity contribution in [2.45, 2.75) is 11.4 Å². The summed E-state index contributed by atoms with van der Waals surface area (Å²) in [5.41, 5.74) is 6.10. The molecule has 0 unspecified atom stereocenters. The molecule has 7 heteroatoms. The summed E-state index contributed by atoms with van der Waals surface area (Å²) in [5.74, 6) is 0. The van der Waals surface area contributed by atoms with Crippen molar-refractivity contribution in [3.8, 4) is 6.07 Å². The van der Waals surface area contributed by atoms with Crippen LogP contribution in [0.3, 0.4) is 0 Å². The Bertz CT molecular complexity index is 536. The Hall–Kier alpha value is -0.610. The first-order valence-electron chi connectivity index (χ1n) is 3.77. The van der Waals surface area contributed by atoms with E-state index in [1.807, 2.05) is 6.07 Å². The fraction of sp³-hybridized carbons (Fsp3) is 0.125. The van der Waals surface area contributed by atoms with Crippen molar-refractivity contribution in [2.24, 2.45) is 5.73 Å². The summed E-state index contributed by atoms with van der Waals surface area (Å²) in [6.07, 6.45) is 0. The lowest BCUT2D eigenvalue weighted by atomic mass is 10.1. The summed E-state index contributed by atoms with van der Waals surface area (Å²) in [7, 11) is 1.33. The molecule has 0 radical (unpaired) electrons. The van der Waals surface area contributed by atoms with Gasteiger partial charge in [0.2, 0.25) is 0 Å². The third-order valence-electron chi connectivity index (χ3n) is 1.72. The molecule has 80 valence electrons. The zero-order chi connectivity index (χ0) is 11.6. The van der Waals surface area contributed by atoms with Gasteiger partial charge in [-0.25, -0.2) is 8.42 Å². The fourth-order valence-electron chi connectivity index (χ4n) is 1.03. The van der Waals surface area contributed by atoms with E-state index in [9.17, 15) is 8.42 Å². The minimum Gasteiger partial charge on any atom is -0.326 e. The van der Waals surface area contributed by atoms with Crippen molar-refractivity contribution < 1.29 is 8.42 Å². The lowest BCUT2D eigenvalue weighted by molar-refractivity contribution is 0.609. The maximum Gasteiger partial charge on any atom is 0.262 e. The minimum absolute atomic E-state index is 0.135. The maximum atomic E-state index is 11.2. The van der Waals surface area contributed by atoms with Crippen LogP contribution < -0.4 is 5.73 Å². The summed E-state index contributed by atoms with van der Waals surface area (Å²) in [6.45, 7) is 0.140. The second kappa shape index (κ2) is 4.49. The van der Waals surface area contributed by atoms with Crippen molar-refractivity contribution in [1.29, 1.82) is 5.26 Å². The fourth-order valence-corrected chi connectivity index (χ4v) is 3.25. The highest BCUT2D eigenvalue weighted by Crippen LogP contribution is 2.29. The van der Waals surface area contributed by atoms with E-state index in [1.165, 1.54) is 12.1 Å². The van der Waals surface area contributed by atoms with Crippen molar-refractivity contribution >= 4 is 35.7 Å². The number of benzene rings is 1. The Balaban J connectivity index is 3.61. The topological polar surface area (TPSA) is 83.9 Å². The molecule has 0 fully saturated rings. The molecule has 0 heterocycles. The summed E-state index contributed by atoms with van der Waals surface area (Å²) >= 11 is 3.01. The van der Waals surface area contributed by atoms with E-state index >= 15 is 0 Å². The molecule has 0 saturated carbocycles. The summed E-state index contributed by atoms with van der Waals surface area (Å²) in [5, 5.41) is 8.77. The monoisotopic (exact) mass is 308 g/mol. The van der Waals surface area contributed by atoms with Crippen LogP contribution >= 0.6 is 26.6 Å². The van der Waals surface area contributed by atoms with E-state index < -0.39 is 9.05 Å². The zero-order valence-electron chi connectivity index (χ0n) is 7.37. The van der Waals surface area contributed by atoms with Crippen LogP contribution in [0.1, 0.15) is 11.1 Å². The Morgan fingerprint density at radius 3 is 2.53 bits per heavy atom. The van der Waals surface area contributed by atoms with Crippen molar-refractivity contribution in [2.75, 3.05) is 0 Å². The Morgan fingerprint density at radius 1 is 1.53 bits per heavy atom. The first kappa shape index (κ1) is 12.5. The van der Waals surface area contributed by atoms with Crippen molar-refractivity contribution in [3.63, 3.8) is 0 Å². The summed E-state index contributed by atoms with van der Waals surface area (Å²) in [4.78, 5) is -0.135. The van der Waals surface area contributed by atoms with Gasteiger partial charge in [-0.05, 0) is 33.6 Å². The molecule has 0 bridgehead atoms. The second-order valence-corrected chi connectivity index (χ2v) is 6.04. The molecule has 0 amide bonds. The van der Waals surface area contributed by atoms with Crippen LogP contribution in [0.2, 0.25) is 0 Å². The van der Waals surface area contributed by atoms with Crippen LogP contribution in [0.15, 0.2) is 21.5 Å². The van der Waals surface area contributed by atoms with Gasteiger partial charge >= 0.3 is 0 Å². The van der Waals surface area contributed by atoms with Gasteiger partial charge in [-0.3, -0.25) is 0 Å². The average molecular weight is 310 g/mol. The molecule has 1 rings (SSSR count). The van der Waals surface area contributed by atoms with Crippen LogP contribution in [0.4, 0.5) is 0 Å². The molecule has 1 aromatic carbocycles. The molecule has 2 N–H and O–H groups in total. The Morgan fingerprint density at radius 2 is 2.13 bits per heavy atom. The molecule has 1 aromatic rings. The van der Waals surface area contributed by atoms with Gasteiger partial charge in [0.15, 0.2) is 0 Å². The third-order valence-corrected chi connectivity index (χ3v) is 4.18. The van der Waals surface area contributed by atoms with Gasteiger partial charge in [-0.1, -0.05) is 0 Å². The highest BCUT2D eigenvalue weighted by Gasteiger charge is 2.18. The molecular weight excluding hydrogens is 304 g/mol. The number of nitrogens with zero attached hydrogens (tertiary/aromatic N) is 1. The van der Waals surface area contributed by atoms with Gasteiger partial charge < -0.3 is 5.73 Å².